The van der Waals surface area contributed by atoms with E-state index in [9.17, 15) is 13.9 Å². The molecule has 0 aromatic heterocycles. The van der Waals surface area contributed by atoms with E-state index in [2.05, 4.69) is 0 Å². The molecule has 0 saturated heterocycles. The van der Waals surface area contributed by atoms with Crippen molar-refractivity contribution in [1.29, 1.82) is 0 Å². The quantitative estimate of drug-likeness (QED) is 0.859. The van der Waals surface area contributed by atoms with Gasteiger partial charge in [0.15, 0.2) is 0 Å². The zero-order chi connectivity index (χ0) is 13.0. The minimum Gasteiger partial charge on any atom is -0.387 e. The normalized spacial score (nSPS) is 15.3. The van der Waals surface area contributed by atoms with Gasteiger partial charge in [-0.1, -0.05) is 29.8 Å². The number of likely N-dealkylation sites (N-methyl/N-ethyl adjacent to an activating group) is 1. The first kappa shape index (κ1) is 14.1. The van der Waals surface area contributed by atoms with Crippen molar-refractivity contribution < 1.29 is 13.9 Å². The summed E-state index contributed by atoms with van der Waals surface area (Å²) >= 11 is 0. The Hall–Kier alpha value is -1.00. The van der Waals surface area contributed by atoms with Gasteiger partial charge in [-0.05, 0) is 26.5 Å². The lowest BCUT2D eigenvalue weighted by molar-refractivity contribution is 0.0311. The number of alkyl halides is 2. The van der Waals surface area contributed by atoms with Crippen molar-refractivity contribution in [3.63, 3.8) is 0 Å². The van der Waals surface area contributed by atoms with Crippen LogP contribution in [0.2, 0.25) is 0 Å². The zero-order valence-electron chi connectivity index (χ0n) is 10.4. The average molecular weight is 243 g/mol. The van der Waals surface area contributed by atoms with Gasteiger partial charge in [0, 0.05) is 6.04 Å². The number of rotatable bonds is 5. The molecule has 2 nitrogen and oxygen atoms in total. The van der Waals surface area contributed by atoms with Gasteiger partial charge in [-0.25, -0.2) is 8.78 Å². The second-order valence-electron chi connectivity index (χ2n) is 4.43. The van der Waals surface area contributed by atoms with Gasteiger partial charge >= 0.3 is 0 Å². The summed E-state index contributed by atoms with van der Waals surface area (Å²) in [6, 6.07) is 7.11. The number of hydrogen-bond donors (Lipinski definition) is 1. The molecule has 1 aromatic rings. The predicted octanol–water partition coefficient (Wildman–Crippen LogP) is 2.61. The molecule has 1 N–H and O–H groups in total. The van der Waals surface area contributed by atoms with E-state index in [0.717, 1.165) is 11.1 Å². The van der Waals surface area contributed by atoms with E-state index in [4.69, 9.17) is 0 Å². The maximum atomic E-state index is 12.2. The lowest BCUT2D eigenvalue weighted by Crippen LogP contribution is -2.37. The van der Waals surface area contributed by atoms with Gasteiger partial charge in [0.1, 0.15) is 0 Å². The zero-order valence-corrected chi connectivity index (χ0v) is 10.4. The number of halogens is 2. The lowest BCUT2D eigenvalue weighted by Gasteiger charge is -2.28. The highest BCUT2D eigenvalue weighted by atomic mass is 19.3. The van der Waals surface area contributed by atoms with E-state index in [1.807, 2.05) is 31.2 Å². The fourth-order valence-electron chi connectivity index (χ4n) is 1.67. The van der Waals surface area contributed by atoms with E-state index < -0.39 is 12.5 Å². The van der Waals surface area contributed by atoms with Crippen molar-refractivity contribution in [2.75, 3.05) is 13.6 Å². The number of aliphatic hydroxyl groups excluding tert-OH is 1. The average Bonchev–Trinajstić information content (AvgIpc) is 2.27. The first-order valence-electron chi connectivity index (χ1n) is 5.65. The molecule has 2 unspecified atom stereocenters. The van der Waals surface area contributed by atoms with Gasteiger partial charge < -0.3 is 5.11 Å². The molecule has 4 heteroatoms. The summed E-state index contributed by atoms with van der Waals surface area (Å²) in [5.74, 6) is 0. The molecule has 96 valence electrons. The standard InChI is InChI=1S/C13H19F2NO/c1-9-4-6-11(7-5-9)13(17)10(2)16(3)8-12(14)15/h4-7,10,12-13,17H,8H2,1-3H3. The summed E-state index contributed by atoms with van der Waals surface area (Å²) in [4.78, 5) is 1.47. The number of hydrogen-bond acceptors (Lipinski definition) is 2. The van der Waals surface area contributed by atoms with Gasteiger partial charge in [-0.2, -0.15) is 0 Å². The molecule has 0 aliphatic carbocycles. The van der Waals surface area contributed by atoms with E-state index in [-0.39, 0.29) is 12.6 Å². The molecule has 0 saturated carbocycles. The third-order valence-electron chi connectivity index (χ3n) is 3.00. The maximum absolute atomic E-state index is 12.2. The number of aliphatic hydroxyl groups is 1. The molecule has 0 spiro atoms. The highest BCUT2D eigenvalue weighted by molar-refractivity contribution is 5.23. The number of nitrogens with zero attached hydrogens (tertiary/aromatic N) is 1. The van der Waals surface area contributed by atoms with Gasteiger partial charge in [0.2, 0.25) is 0 Å². The second-order valence-corrected chi connectivity index (χ2v) is 4.43. The molecular formula is C13H19F2NO. The van der Waals surface area contributed by atoms with Gasteiger partial charge in [0.05, 0.1) is 12.6 Å². The van der Waals surface area contributed by atoms with Gasteiger partial charge in [-0.3, -0.25) is 4.90 Å². The third-order valence-corrected chi connectivity index (χ3v) is 3.00. The molecule has 0 aliphatic heterocycles. The highest BCUT2D eigenvalue weighted by Gasteiger charge is 2.22. The first-order chi connectivity index (χ1) is 7.91. The lowest BCUT2D eigenvalue weighted by atomic mass is 10.0. The predicted molar refractivity (Wildman–Crippen MR) is 64.2 cm³/mol. The molecule has 2 atom stereocenters. The Balaban J connectivity index is 2.68. The summed E-state index contributed by atoms with van der Waals surface area (Å²) in [5, 5.41) is 10.1. The van der Waals surface area contributed by atoms with Crippen LogP contribution in [0.5, 0.6) is 0 Å². The Labute approximate surface area is 101 Å². The molecule has 0 fully saturated rings. The van der Waals surface area contributed by atoms with Gasteiger partial charge in [0.25, 0.3) is 6.43 Å². The smallest absolute Gasteiger partial charge is 0.251 e. The molecule has 0 aliphatic rings. The SMILES string of the molecule is Cc1ccc(C(O)C(C)N(C)CC(F)F)cc1. The Bertz CT molecular complexity index is 340. The van der Waals surface area contributed by atoms with Crippen molar-refractivity contribution in [2.24, 2.45) is 0 Å². The molecule has 0 radical (unpaired) electrons. The molecule has 1 aromatic carbocycles. The Morgan fingerprint density at radius 2 is 1.76 bits per heavy atom. The molecule has 0 amide bonds. The Morgan fingerprint density at radius 1 is 1.24 bits per heavy atom. The van der Waals surface area contributed by atoms with Crippen LogP contribution in [0.4, 0.5) is 8.78 Å². The van der Waals surface area contributed by atoms with Crippen molar-refractivity contribution in [3.05, 3.63) is 35.4 Å². The fourth-order valence-corrected chi connectivity index (χ4v) is 1.67. The van der Waals surface area contributed by atoms with Crippen LogP contribution in [0.3, 0.4) is 0 Å². The van der Waals surface area contributed by atoms with Crippen molar-refractivity contribution in [2.45, 2.75) is 32.4 Å². The maximum Gasteiger partial charge on any atom is 0.251 e. The van der Waals surface area contributed by atoms with Crippen molar-refractivity contribution in [1.82, 2.24) is 4.90 Å². The van der Waals surface area contributed by atoms with Crippen LogP contribution >= 0.6 is 0 Å². The highest BCUT2D eigenvalue weighted by Crippen LogP contribution is 2.20. The molecule has 1 rings (SSSR count). The number of benzene rings is 1. The molecule has 0 bridgehead atoms. The monoisotopic (exact) mass is 243 g/mol. The summed E-state index contributed by atoms with van der Waals surface area (Å²) < 4.78 is 24.5. The van der Waals surface area contributed by atoms with Crippen LogP contribution in [-0.2, 0) is 0 Å². The minimum absolute atomic E-state index is 0.329. The number of aryl methyl sites for hydroxylation is 1. The van der Waals surface area contributed by atoms with Crippen LogP contribution < -0.4 is 0 Å². The van der Waals surface area contributed by atoms with E-state index in [1.54, 1.807) is 14.0 Å². The topological polar surface area (TPSA) is 23.5 Å². The van der Waals surface area contributed by atoms with Crippen LogP contribution in [0.25, 0.3) is 0 Å². The minimum atomic E-state index is -2.38. The van der Waals surface area contributed by atoms with Crippen molar-refractivity contribution in [3.8, 4) is 0 Å². The van der Waals surface area contributed by atoms with E-state index in [0.29, 0.717) is 0 Å². The van der Waals surface area contributed by atoms with E-state index in [1.165, 1.54) is 4.90 Å². The Morgan fingerprint density at radius 3 is 2.24 bits per heavy atom. The molecular weight excluding hydrogens is 224 g/mol. The largest absolute Gasteiger partial charge is 0.387 e. The molecule has 17 heavy (non-hydrogen) atoms. The summed E-state index contributed by atoms with van der Waals surface area (Å²) in [7, 11) is 1.59. The van der Waals surface area contributed by atoms with Crippen molar-refractivity contribution >= 4 is 0 Å². The summed E-state index contributed by atoms with van der Waals surface area (Å²) in [6.07, 6.45) is -3.13. The second kappa shape index (κ2) is 6.07. The Kier molecular flexibility index (Phi) is 5.02. The fraction of sp³-hybridized carbons (Fsp3) is 0.538. The third kappa shape index (κ3) is 4.06. The van der Waals surface area contributed by atoms with Crippen LogP contribution in [0, 0.1) is 6.92 Å². The van der Waals surface area contributed by atoms with Crippen LogP contribution in [0.15, 0.2) is 24.3 Å². The first-order valence-corrected chi connectivity index (χ1v) is 5.65. The van der Waals surface area contributed by atoms with Crippen LogP contribution in [-0.4, -0.2) is 36.1 Å². The van der Waals surface area contributed by atoms with Crippen LogP contribution in [0.1, 0.15) is 24.2 Å². The molecule has 0 heterocycles. The summed E-state index contributed by atoms with van der Waals surface area (Å²) in [5.41, 5.74) is 1.86. The van der Waals surface area contributed by atoms with Gasteiger partial charge in [-0.15, -0.1) is 0 Å². The van der Waals surface area contributed by atoms with E-state index >= 15 is 0 Å². The summed E-state index contributed by atoms with van der Waals surface area (Å²) in [6.45, 7) is 3.37.